The van der Waals surface area contributed by atoms with Gasteiger partial charge in [0.2, 0.25) is 0 Å². The van der Waals surface area contributed by atoms with Gasteiger partial charge in [0.1, 0.15) is 5.60 Å². The number of ether oxygens (including phenoxy) is 1. The first kappa shape index (κ1) is 18.5. The molecule has 1 saturated heterocycles. The third kappa shape index (κ3) is 4.64. The van der Waals surface area contributed by atoms with Crippen molar-refractivity contribution < 1.29 is 9.53 Å². The molecule has 1 amide bonds. The zero-order valence-corrected chi connectivity index (χ0v) is 16.4. The average molecular weight is 365 g/mol. The molecule has 0 spiro atoms. The Kier molecular flexibility index (Phi) is 5.53. The van der Waals surface area contributed by atoms with Crippen LogP contribution in [0.3, 0.4) is 0 Å². The van der Waals surface area contributed by atoms with Crippen molar-refractivity contribution >= 4 is 17.9 Å². The largest absolute Gasteiger partial charge is 0.444 e. The lowest BCUT2D eigenvalue weighted by Crippen LogP contribution is -2.46. The highest BCUT2D eigenvalue weighted by molar-refractivity contribution is 7.98. The number of rotatable bonds is 3. The van der Waals surface area contributed by atoms with Crippen LogP contribution < -0.4 is 0 Å². The summed E-state index contributed by atoms with van der Waals surface area (Å²) in [6.45, 7) is 9.29. The fourth-order valence-electron chi connectivity index (χ4n) is 3.49. The molecular formula is C18H28N4O2S. The number of carbonyl (C=O) groups excluding carboxylic acids is 1. The fourth-order valence-corrected chi connectivity index (χ4v) is 3.85. The fraction of sp³-hybridized carbons (Fsp3) is 0.722. The molecule has 2 aliphatic rings. The molecule has 138 valence electrons. The van der Waals surface area contributed by atoms with Gasteiger partial charge < -0.3 is 9.64 Å². The molecular weight excluding hydrogens is 336 g/mol. The van der Waals surface area contributed by atoms with Crippen molar-refractivity contribution in [3.8, 4) is 0 Å². The van der Waals surface area contributed by atoms with E-state index in [0.29, 0.717) is 0 Å². The SMILES string of the molecule is CSc1ncc2c(n1)CCN(CC1CCCN1C(=O)OC(C)(C)C)C2. The van der Waals surface area contributed by atoms with Crippen LogP contribution in [-0.2, 0) is 17.7 Å². The maximum absolute atomic E-state index is 12.4. The smallest absolute Gasteiger partial charge is 0.410 e. The molecule has 6 nitrogen and oxygen atoms in total. The van der Waals surface area contributed by atoms with Gasteiger partial charge in [-0.15, -0.1) is 0 Å². The molecule has 1 aromatic heterocycles. The molecule has 1 atom stereocenters. The van der Waals surface area contributed by atoms with E-state index in [2.05, 4.69) is 14.9 Å². The first-order valence-corrected chi connectivity index (χ1v) is 10.2. The molecule has 3 heterocycles. The first-order chi connectivity index (χ1) is 11.9. The van der Waals surface area contributed by atoms with Crippen LogP contribution >= 0.6 is 11.8 Å². The van der Waals surface area contributed by atoms with E-state index in [4.69, 9.17) is 4.74 Å². The summed E-state index contributed by atoms with van der Waals surface area (Å²) < 4.78 is 5.57. The zero-order valence-electron chi connectivity index (χ0n) is 15.6. The van der Waals surface area contributed by atoms with Gasteiger partial charge in [-0.05, 0) is 39.9 Å². The van der Waals surface area contributed by atoms with Crippen LogP contribution in [0.2, 0.25) is 0 Å². The van der Waals surface area contributed by atoms with Crippen LogP contribution in [0.5, 0.6) is 0 Å². The van der Waals surface area contributed by atoms with Crippen LogP contribution in [0, 0.1) is 0 Å². The van der Waals surface area contributed by atoms with Crippen molar-refractivity contribution in [1.82, 2.24) is 19.8 Å². The number of fused-ring (bicyclic) bond motifs is 1. The number of amides is 1. The van der Waals surface area contributed by atoms with Crippen LogP contribution in [0.1, 0.15) is 44.9 Å². The van der Waals surface area contributed by atoms with E-state index in [1.54, 1.807) is 11.8 Å². The predicted molar refractivity (Wildman–Crippen MR) is 98.8 cm³/mol. The van der Waals surface area contributed by atoms with Gasteiger partial charge >= 0.3 is 6.09 Å². The Hall–Kier alpha value is -1.34. The molecule has 2 aliphatic heterocycles. The highest BCUT2D eigenvalue weighted by Gasteiger charge is 2.33. The third-order valence-electron chi connectivity index (χ3n) is 4.65. The lowest BCUT2D eigenvalue weighted by Gasteiger charge is -2.34. The lowest BCUT2D eigenvalue weighted by atomic mass is 10.1. The Balaban J connectivity index is 1.61. The Labute approximate surface area is 154 Å². The minimum absolute atomic E-state index is 0.180. The predicted octanol–water partition coefficient (Wildman–Crippen LogP) is 2.96. The topological polar surface area (TPSA) is 58.6 Å². The molecule has 0 aliphatic carbocycles. The van der Waals surface area contributed by atoms with Gasteiger partial charge in [-0.1, -0.05) is 11.8 Å². The van der Waals surface area contributed by atoms with E-state index in [0.717, 1.165) is 50.6 Å². The number of likely N-dealkylation sites (tertiary alicyclic amines) is 1. The first-order valence-electron chi connectivity index (χ1n) is 8.96. The Morgan fingerprint density at radius 2 is 2.20 bits per heavy atom. The maximum Gasteiger partial charge on any atom is 0.410 e. The molecule has 1 unspecified atom stereocenters. The van der Waals surface area contributed by atoms with Gasteiger partial charge in [0.05, 0.1) is 5.69 Å². The minimum atomic E-state index is -0.444. The van der Waals surface area contributed by atoms with Crippen molar-refractivity contribution in [3.05, 3.63) is 17.5 Å². The molecule has 25 heavy (non-hydrogen) atoms. The number of nitrogens with zero attached hydrogens (tertiary/aromatic N) is 4. The summed E-state index contributed by atoms with van der Waals surface area (Å²) in [7, 11) is 0. The second-order valence-electron chi connectivity index (χ2n) is 7.78. The number of hydrogen-bond donors (Lipinski definition) is 0. The molecule has 0 bridgehead atoms. The normalized spacial score (nSPS) is 21.3. The zero-order chi connectivity index (χ0) is 18.0. The Morgan fingerprint density at radius 1 is 1.40 bits per heavy atom. The summed E-state index contributed by atoms with van der Waals surface area (Å²) in [4.78, 5) is 25.8. The second-order valence-corrected chi connectivity index (χ2v) is 8.56. The van der Waals surface area contributed by atoms with Crippen LogP contribution in [0.15, 0.2) is 11.4 Å². The van der Waals surface area contributed by atoms with E-state index in [1.165, 1.54) is 11.3 Å². The van der Waals surface area contributed by atoms with E-state index in [9.17, 15) is 4.79 Å². The Morgan fingerprint density at radius 3 is 2.92 bits per heavy atom. The summed E-state index contributed by atoms with van der Waals surface area (Å²) in [6.07, 6.45) is 6.83. The molecule has 0 radical (unpaired) electrons. The maximum atomic E-state index is 12.4. The highest BCUT2D eigenvalue weighted by atomic mass is 32.2. The average Bonchev–Trinajstić information content (AvgIpc) is 3.01. The molecule has 0 saturated carbocycles. The minimum Gasteiger partial charge on any atom is -0.444 e. The van der Waals surface area contributed by atoms with Crippen molar-refractivity contribution in [2.75, 3.05) is 25.9 Å². The molecule has 3 rings (SSSR count). The van der Waals surface area contributed by atoms with Gasteiger partial charge in [0.25, 0.3) is 0 Å². The van der Waals surface area contributed by atoms with E-state index in [-0.39, 0.29) is 12.1 Å². The number of thioether (sulfide) groups is 1. The monoisotopic (exact) mass is 364 g/mol. The molecule has 7 heteroatoms. The summed E-state index contributed by atoms with van der Waals surface area (Å²) >= 11 is 1.58. The standard InChI is InChI=1S/C18H28N4O2S/c1-18(2,3)24-17(23)22-8-5-6-14(22)12-21-9-7-15-13(11-21)10-19-16(20-15)25-4/h10,14H,5-9,11-12H2,1-4H3. The summed E-state index contributed by atoms with van der Waals surface area (Å²) in [5.74, 6) is 0. The van der Waals surface area contributed by atoms with E-state index < -0.39 is 5.60 Å². The second kappa shape index (κ2) is 7.50. The van der Waals surface area contributed by atoms with Crippen LogP contribution in [-0.4, -0.2) is 63.4 Å². The van der Waals surface area contributed by atoms with Gasteiger partial charge in [-0.3, -0.25) is 4.90 Å². The molecule has 1 fully saturated rings. The van der Waals surface area contributed by atoms with Gasteiger partial charge in [0, 0.05) is 50.4 Å². The van der Waals surface area contributed by atoms with Crippen LogP contribution in [0.4, 0.5) is 4.79 Å². The van der Waals surface area contributed by atoms with Crippen molar-refractivity contribution in [2.45, 2.75) is 63.4 Å². The highest BCUT2D eigenvalue weighted by Crippen LogP contribution is 2.24. The van der Waals surface area contributed by atoms with Gasteiger partial charge in [0.15, 0.2) is 5.16 Å². The Bertz CT molecular complexity index is 632. The van der Waals surface area contributed by atoms with Gasteiger partial charge in [-0.25, -0.2) is 14.8 Å². The van der Waals surface area contributed by atoms with Gasteiger partial charge in [-0.2, -0.15) is 0 Å². The number of aromatic nitrogens is 2. The van der Waals surface area contributed by atoms with Crippen molar-refractivity contribution in [1.29, 1.82) is 0 Å². The van der Waals surface area contributed by atoms with E-state index >= 15 is 0 Å². The summed E-state index contributed by atoms with van der Waals surface area (Å²) in [6, 6.07) is 0.239. The molecule has 0 aromatic carbocycles. The molecule has 1 aromatic rings. The van der Waals surface area contributed by atoms with Crippen molar-refractivity contribution in [2.24, 2.45) is 0 Å². The van der Waals surface area contributed by atoms with Crippen molar-refractivity contribution in [3.63, 3.8) is 0 Å². The summed E-state index contributed by atoms with van der Waals surface area (Å²) in [5.41, 5.74) is 1.94. The lowest BCUT2D eigenvalue weighted by molar-refractivity contribution is 0.0192. The third-order valence-corrected chi connectivity index (χ3v) is 5.21. The number of hydrogen-bond acceptors (Lipinski definition) is 6. The van der Waals surface area contributed by atoms with Crippen LogP contribution in [0.25, 0.3) is 0 Å². The molecule has 0 N–H and O–H groups in total. The summed E-state index contributed by atoms with van der Waals surface area (Å²) in [5, 5.41) is 0.846. The van der Waals surface area contributed by atoms with E-state index in [1.807, 2.05) is 38.1 Å². The number of carbonyl (C=O) groups is 1. The quantitative estimate of drug-likeness (QED) is 0.607.